The van der Waals surface area contributed by atoms with E-state index in [-0.39, 0.29) is 5.91 Å². The average molecular weight is 232 g/mol. The third-order valence-electron chi connectivity index (χ3n) is 2.27. The van der Waals surface area contributed by atoms with Crippen LogP contribution in [0.15, 0.2) is 42.5 Å². The highest BCUT2D eigenvalue weighted by Gasteiger charge is 2.08. The van der Waals surface area contributed by atoms with Gasteiger partial charge in [0.2, 0.25) is 5.91 Å². The van der Waals surface area contributed by atoms with E-state index in [9.17, 15) is 14.7 Å². The number of carbonyl (C=O) groups excluding carboxylic acids is 2. The maximum atomic E-state index is 11.6. The van der Waals surface area contributed by atoms with E-state index in [1.54, 1.807) is 4.90 Å². The van der Waals surface area contributed by atoms with Gasteiger partial charge in [-0.2, -0.15) is 0 Å². The highest BCUT2D eigenvalue weighted by atomic mass is 16.4. The normalized spacial score (nSPS) is 10.4. The largest absolute Gasteiger partial charge is 0.545 e. The number of nitrogens with zero attached hydrogens (tertiary/aromatic N) is 1. The lowest BCUT2D eigenvalue weighted by Crippen LogP contribution is -2.29. The topological polar surface area (TPSA) is 60.4 Å². The molecule has 0 heterocycles. The van der Waals surface area contributed by atoms with Crippen molar-refractivity contribution >= 4 is 11.9 Å². The predicted octanol–water partition coefficient (Wildman–Crippen LogP) is 0.341. The number of carbonyl (C=O) groups is 2. The summed E-state index contributed by atoms with van der Waals surface area (Å²) < 4.78 is 0. The number of amides is 1. The van der Waals surface area contributed by atoms with Gasteiger partial charge in [-0.3, -0.25) is 4.79 Å². The van der Waals surface area contributed by atoms with Crippen LogP contribution in [0.25, 0.3) is 0 Å². The highest BCUT2D eigenvalue weighted by Crippen LogP contribution is 2.04. The first-order chi connectivity index (χ1) is 8.13. The summed E-state index contributed by atoms with van der Waals surface area (Å²) >= 11 is 0. The van der Waals surface area contributed by atoms with Crippen LogP contribution in [-0.4, -0.2) is 23.3 Å². The number of hydrogen-bond donors (Lipinski definition) is 0. The van der Waals surface area contributed by atoms with Crippen LogP contribution in [0.3, 0.4) is 0 Å². The van der Waals surface area contributed by atoms with Crippen LogP contribution in [0.1, 0.15) is 12.5 Å². The third kappa shape index (κ3) is 4.51. The predicted molar refractivity (Wildman–Crippen MR) is 61.7 cm³/mol. The van der Waals surface area contributed by atoms with Crippen molar-refractivity contribution in [1.29, 1.82) is 0 Å². The van der Waals surface area contributed by atoms with Crippen LogP contribution in [0.4, 0.5) is 0 Å². The summed E-state index contributed by atoms with van der Waals surface area (Å²) in [5.41, 5.74) is 1.00. The Kier molecular flexibility index (Phi) is 4.94. The Bertz CT molecular complexity index is 412. The van der Waals surface area contributed by atoms with Gasteiger partial charge in [0.25, 0.3) is 0 Å². The molecule has 0 radical (unpaired) electrons. The van der Waals surface area contributed by atoms with Gasteiger partial charge < -0.3 is 14.8 Å². The van der Waals surface area contributed by atoms with Gasteiger partial charge in [-0.1, -0.05) is 30.3 Å². The van der Waals surface area contributed by atoms with Crippen molar-refractivity contribution in [3.63, 3.8) is 0 Å². The molecule has 1 amide bonds. The Labute approximate surface area is 100 Å². The molecule has 1 rings (SSSR count). The molecule has 0 aromatic heterocycles. The first-order valence-corrected chi connectivity index (χ1v) is 5.35. The Morgan fingerprint density at radius 1 is 1.24 bits per heavy atom. The molecule has 0 unspecified atom stereocenters. The molecule has 4 nitrogen and oxygen atoms in total. The molecule has 0 saturated carbocycles. The fourth-order valence-electron chi connectivity index (χ4n) is 1.39. The maximum absolute atomic E-state index is 11.6. The monoisotopic (exact) mass is 232 g/mol. The molecular formula is C13H14NO3-. The van der Waals surface area contributed by atoms with Gasteiger partial charge in [0.15, 0.2) is 0 Å². The first-order valence-electron chi connectivity index (χ1n) is 5.35. The molecule has 0 atom stereocenters. The second kappa shape index (κ2) is 6.48. The minimum atomic E-state index is -1.37. The summed E-state index contributed by atoms with van der Waals surface area (Å²) in [6.45, 7) is 2.83. The smallest absolute Gasteiger partial charge is 0.246 e. The molecule has 0 fully saturated rings. The molecule has 0 saturated heterocycles. The van der Waals surface area contributed by atoms with Crippen molar-refractivity contribution in [2.24, 2.45) is 0 Å². The van der Waals surface area contributed by atoms with E-state index >= 15 is 0 Å². The van der Waals surface area contributed by atoms with Crippen LogP contribution in [-0.2, 0) is 16.1 Å². The lowest BCUT2D eigenvalue weighted by molar-refractivity contribution is -0.297. The van der Waals surface area contributed by atoms with E-state index in [4.69, 9.17) is 0 Å². The standard InChI is InChI=1S/C13H15NO3/c1-2-14(12(15)8-9-13(16)17)10-11-6-4-3-5-7-11/h3-9H,2,10H2,1H3,(H,16,17)/p-1/b9-8+. The van der Waals surface area contributed by atoms with Gasteiger partial charge >= 0.3 is 0 Å². The Balaban J connectivity index is 2.66. The van der Waals surface area contributed by atoms with Crippen molar-refractivity contribution in [2.75, 3.05) is 6.54 Å². The lowest BCUT2D eigenvalue weighted by Gasteiger charge is -2.19. The molecule has 0 aliphatic carbocycles. The summed E-state index contributed by atoms with van der Waals surface area (Å²) in [7, 11) is 0. The summed E-state index contributed by atoms with van der Waals surface area (Å²) in [6.07, 6.45) is 1.76. The number of benzene rings is 1. The first kappa shape index (κ1) is 13.0. The van der Waals surface area contributed by atoms with Crippen LogP contribution >= 0.6 is 0 Å². The van der Waals surface area contributed by atoms with Crippen LogP contribution in [0, 0.1) is 0 Å². The number of likely N-dealkylation sites (N-methyl/N-ethyl adjacent to an activating group) is 1. The summed E-state index contributed by atoms with van der Waals surface area (Å²) in [6, 6.07) is 9.52. The van der Waals surface area contributed by atoms with Gasteiger partial charge in [-0.25, -0.2) is 0 Å². The lowest BCUT2D eigenvalue weighted by atomic mass is 10.2. The van der Waals surface area contributed by atoms with Gasteiger partial charge in [-0.05, 0) is 18.6 Å². The number of carboxylic acids is 1. The molecule has 0 aliphatic rings. The van der Waals surface area contributed by atoms with Crippen molar-refractivity contribution in [2.45, 2.75) is 13.5 Å². The molecule has 0 aliphatic heterocycles. The van der Waals surface area contributed by atoms with E-state index in [0.29, 0.717) is 13.1 Å². The molecule has 0 bridgehead atoms. The van der Waals surface area contributed by atoms with E-state index in [2.05, 4.69) is 0 Å². The fourth-order valence-corrected chi connectivity index (χ4v) is 1.39. The molecule has 0 N–H and O–H groups in total. The van der Waals surface area contributed by atoms with Gasteiger partial charge in [0.1, 0.15) is 0 Å². The second-order valence-corrected chi connectivity index (χ2v) is 3.49. The summed E-state index contributed by atoms with van der Waals surface area (Å²) in [5, 5.41) is 10.2. The third-order valence-corrected chi connectivity index (χ3v) is 2.27. The SMILES string of the molecule is CCN(Cc1ccccc1)C(=O)/C=C/C(=O)[O-]. The molecule has 1 aromatic carbocycles. The molecule has 4 heteroatoms. The van der Waals surface area contributed by atoms with E-state index in [1.165, 1.54) is 0 Å². The zero-order chi connectivity index (χ0) is 12.7. The molecule has 1 aromatic rings. The van der Waals surface area contributed by atoms with Gasteiger partial charge in [-0.15, -0.1) is 0 Å². The van der Waals surface area contributed by atoms with Gasteiger partial charge in [0, 0.05) is 19.2 Å². The zero-order valence-corrected chi connectivity index (χ0v) is 9.63. The zero-order valence-electron chi connectivity index (χ0n) is 9.63. The van der Waals surface area contributed by atoms with Crippen molar-refractivity contribution < 1.29 is 14.7 Å². The van der Waals surface area contributed by atoms with Crippen molar-refractivity contribution in [3.05, 3.63) is 48.0 Å². The number of carboxylic acid groups (broad SMARTS) is 1. The highest BCUT2D eigenvalue weighted by molar-refractivity contribution is 5.93. The molecule has 17 heavy (non-hydrogen) atoms. The Morgan fingerprint density at radius 3 is 2.41 bits per heavy atom. The maximum Gasteiger partial charge on any atom is 0.246 e. The summed E-state index contributed by atoms with van der Waals surface area (Å²) in [4.78, 5) is 23.4. The van der Waals surface area contributed by atoms with E-state index < -0.39 is 5.97 Å². The van der Waals surface area contributed by atoms with Crippen molar-refractivity contribution in [3.8, 4) is 0 Å². The molecular weight excluding hydrogens is 218 g/mol. The summed E-state index contributed by atoms with van der Waals surface area (Å²) in [5.74, 6) is -1.70. The van der Waals surface area contributed by atoms with E-state index in [0.717, 1.165) is 17.7 Å². The molecule has 0 spiro atoms. The average Bonchev–Trinajstić information content (AvgIpc) is 2.34. The van der Waals surface area contributed by atoms with E-state index in [1.807, 2.05) is 37.3 Å². The van der Waals surface area contributed by atoms with Crippen LogP contribution in [0.5, 0.6) is 0 Å². The van der Waals surface area contributed by atoms with Crippen LogP contribution < -0.4 is 5.11 Å². The minimum absolute atomic E-state index is 0.333. The molecule has 90 valence electrons. The van der Waals surface area contributed by atoms with Crippen molar-refractivity contribution in [1.82, 2.24) is 4.90 Å². The number of rotatable bonds is 5. The number of hydrogen-bond acceptors (Lipinski definition) is 3. The number of aliphatic carboxylic acids is 1. The van der Waals surface area contributed by atoms with Crippen LogP contribution in [0.2, 0.25) is 0 Å². The fraction of sp³-hybridized carbons (Fsp3) is 0.231. The second-order valence-electron chi connectivity index (χ2n) is 3.49. The quantitative estimate of drug-likeness (QED) is 0.688. The Morgan fingerprint density at radius 2 is 1.88 bits per heavy atom. The van der Waals surface area contributed by atoms with Gasteiger partial charge in [0.05, 0.1) is 5.97 Å². The minimum Gasteiger partial charge on any atom is -0.545 e. The Hall–Kier alpha value is -2.10.